The maximum atomic E-state index is 6.49. The van der Waals surface area contributed by atoms with Gasteiger partial charge in [0, 0.05) is 0 Å². The van der Waals surface area contributed by atoms with Crippen molar-refractivity contribution in [1.82, 2.24) is 0 Å². The van der Waals surface area contributed by atoms with Gasteiger partial charge in [-0.3, -0.25) is 0 Å². The lowest BCUT2D eigenvalue weighted by Gasteiger charge is -2.28. The molecule has 0 fully saturated rings. The average molecular weight is 217 g/mol. The van der Waals surface area contributed by atoms with Crippen molar-refractivity contribution in [2.75, 3.05) is 0 Å². The second kappa shape index (κ2) is 4.17. The van der Waals surface area contributed by atoms with Gasteiger partial charge in [0.05, 0.1) is 5.54 Å². The minimum atomic E-state index is -0.332. The molecule has 0 amide bonds. The Morgan fingerprint density at radius 1 is 1.13 bits per heavy atom. The lowest BCUT2D eigenvalue weighted by atomic mass is 9.83. The highest BCUT2D eigenvalue weighted by molar-refractivity contribution is 7.08. The van der Waals surface area contributed by atoms with Crippen LogP contribution in [0.15, 0.2) is 47.2 Å². The molecule has 1 nitrogen and oxygen atoms in total. The Hall–Kier alpha value is -1.12. The zero-order valence-corrected chi connectivity index (χ0v) is 9.63. The fourth-order valence-corrected chi connectivity index (χ4v) is 2.57. The predicted octanol–water partition coefficient (Wildman–Crippen LogP) is 3.36. The zero-order chi connectivity index (χ0) is 10.7. The molecule has 0 saturated carbocycles. The van der Waals surface area contributed by atoms with Crippen LogP contribution in [0.4, 0.5) is 0 Å². The van der Waals surface area contributed by atoms with Gasteiger partial charge in [0.2, 0.25) is 0 Å². The number of rotatable bonds is 3. The third-order valence-corrected chi connectivity index (χ3v) is 3.57. The molecule has 15 heavy (non-hydrogen) atoms. The maximum Gasteiger partial charge on any atom is 0.0671 e. The van der Waals surface area contributed by atoms with E-state index in [2.05, 4.69) is 35.9 Å². The van der Waals surface area contributed by atoms with Crippen molar-refractivity contribution in [2.45, 2.75) is 18.9 Å². The van der Waals surface area contributed by atoms with Gasteiger partial charge in [-0.15, -0.1) is 0 Å². The second-order valence-electron chi connectivity index (χ2n) is 3.70. The quantitative estimate of drug-likeness (QED) is 0.838. The molecule has 2 aromatic rings. The molecule has 2 rings (SSSR count). The van der Waals surface area contributed by atoms with E-state index in [0.29, 0.717) is 0 Å². The number of nitrogens with two attached hydrogens (primary N) is 1. The van der Waals surface area contributed by atoms with Gasteiger partial charge in [-0.2, -0.15) is 11.3 Å². The van der Waals surface area contributed by atoms with Crippen LogP contribution in [0.5, 0.6) is 0 Å². The van der Waals surface area contributed by atoms with Gasteiger partial charge in [-0.1, -0.05) is 37.3 Å². The molecule has 78 valence electrons. The Balaban J connectivity index is 2.47. The van der Waals surface area contributed by atoms with E-state index in [1.807, 2.05) is 18.2 Å². The summed E-state index contributed by atoms with van der Waals surface area (Å²) >= 11 is 1.70. The normalized spacial score (nSPS) is 14.8. The van der Waals surface area contributed by atoms with E-state index in [1.54, 1.807) is 11.3 Å². The summed E-state index contributed by atoms with van der Waals surface area (Å²) in [7, 11) is 0. The summed E-state index contributed by atoms with van der Waals surface area (Å²) < 4.78 is 0. The summed E-state index contributed by atoms with van der Waals surface area (Å²) in [5.41, 5.74) is 8.55. The largest absolute Gasteiger partial charge is 0.318 e. The summed E-state index contributed by atoms with van der Waals surface area (Å²) in [5.74, 6) is 0. The molecule has 2 N–H and O–H groups in total. The Morgan fingerprint density at radius 2 is 1.87 bits per heavy atom. The highest BCUT2D eigenvalue weighted by Gasteiger charge is 2.27. The molecule has 0 saturated heterocycles. The van der Waals surface area contributed by atoms with E-state index in [9.17, 15) is 0 Å². The third kappa shape index (κ3) is 1.83. The van der Waals surface area contributed by atoms with Crippen molar-refractivity contribution in [3.05, 3.63) is 58.3 Å². The van der Waals surface area contributed by atoms with E-state index in [-0.39, 0.29) is 5.54 Å². The standard InChI is InChI=1S/C13H15NS/c1-2-13(14,12-8-9-15-10-12)11-6-4-3-5-7-11/h3-10H,2,14H2,1H3. The molecule has 0 bridgehead atoms. The molecule has 0 spiro atoms. The minimum Gasteiger partial charge on any atom is -0.318 e. The van der Waals surface area contributed by atoms with Crippen LogP contribution in [0.25, 0.3) is 0 Å². The van der Waals surface area contributed by atoms with Crippen LogP contribution in [-0.2, 0) is 5.54 Å². The molecule has 1 heterocycles. The lowest BCUT2D eigenvalue weighted by molar-refractivity contribution is 0.521. The average Bonchev–Trinajstić information content (AvgIpc) is 2.83. The Labute approximate surface area is 94.6 Å². The van der Waals surface area contributed by atoms with Crippen molar-refractivity contribution in [2.24, 2.45) is 5.73 Å². The molecule has 0 aliphatic rings. The fraction of sp³-hybridized carbons (Fsp3) is 0.231. The molecular weight excluding hydrogens is 202 g/mol. The number of hydrogen-bond donors (Lipinski definition) is 1. The van der Waals surface area contributed by atoms with Crippen molar-refractivity contribution in [3.63, 3.8) is 0 Å². The topological polar surface area (TPSA) is 26.0 Å². The van der Waals surface area contributed by atoms with E-state index in [1.165, 1.54) is 11.1 Å². The van der Waals surface area contributed by atoms with Crippen LogP contribution in [0, 0.1) is 0 Å². The Kier molecular flexibility index (Phi) is 2.89. The maximum absolute atomic E-state index is 6.49. The first-order valence-electron chi connectivity index (χ1n) is 5.14. The van der Waals surface area contributed by atoms with Crippen LogP contribution < -0.4 is 5.73 Å². The van der Waals surface area contributed by atoms with Crippen molar-refractivity contribution >= 4 is 11.3 Å². The summed E-state index contributed by atoms with van der Waals surface area (Å²) in [5, 5.41) is 4.21. The van der Waals surface area contributed by atoms with E-state index in [4.69, 9.17) is 5.73 Å². The fourth-order valence-electron chi connectivity index (χ4n) is 1.83. The molecule has 1 aromatic heterocycles. The molecule has 2 heteroatoms. The van der Waals surface area contributed by atoms with E-state index >= 15 is 0 Å². The van der Waals surface area contributed by atoms with Crippen LogP contribution in [0.1, 0.15) is 24.5 Å². The SMILES string of the molecule is CCC(N)(c1ccccc1)c1ccsc1. The summed E-state index contributed by atoms with van der Waals surface area (Å²) in [6.07, 6.45) is 0.910. The Bertz CT molecular complexity index is 407. The van der Waals surface area contributed by atoms with Gasteiger partial charge in [0.15, 0.2) is 0 Å². The van der Waals surface area contributed by atoms with Crippen LogP contribution in [-0.4, -0.2) is 0 Å². The molecule has 1 aromatic carbocycles. The van der Waals surface area contributed by atoms with Crippen LogP contribution >= 0.6 is 11.3 Å². The molecular formula is C13H15NS. The molecule has 0 radical (unpaired) electrons. The van der Waals surface area contributed by atoms with Crippen molar-refractivity contribution in [1.29, 1.82) is 0 Å². The van der Waals surface area contributed by atoms with Gasteiger partial charge in [0.1, 0.15) is 0 Å². The molecule has 0 aliphatic heterocycles. The summed E-state index contributed by atoms with van der Waals surface area (Å²) in [6.45, 7) is 2.13. The number of thiophene rings is 1. The number of benzene rings is 1. The molecule has 1 unspecified atom stereocenters. The van der Waals surface area contributed by atoms with Crippen molar-refractivity contribution in [3.8, 4) is 0 Å². The molecule has 0 aliphatic carbocycles. The minimum absolute atomic E-state index is 0.332. The van der Waals surface area contributed by atoms with E-state index < -0.39 is 0 Å². The van der Waals surface area contributed by atoms with Crippen molar-refractivity contribution < 1.29 is 0 Å². The highest BCUT2D eigenvalue weighted by Crippen LogP contribution is 2.31. The van der Waals surface area contributed by atoms with Crippen LogP contribution in [0.3, 0.4) is 0 Å². The first kappa shape index (κ1) is 10.4. The zero-order valence-electron chi connectivity index (χ0n) is 8.81. The van der Waals surface area contributed by atoms with Gasteiger partial charge in [0.25, 0.3) is 0 Å². The monoisotopic (exact) mass is 217 g/mol. The Morgan fingerprint density at radius 3 is 2.40 bits per heavy atom. The highest BCUT2D eigenvalue weighted by atomic mass is 32.1. The lowest BCUT2D eigenvalue weighted by Crippen LogP contribution is -2.36. The smallest absolute Gasteiger partial charge is 0.0671 e. The van der Waals surface area contributed by atoms with Gasteiger partial charge in [-0.25, -0.2) is 0 Å². The predicted molar refractivity (Wildman–Crippen MR) is 66.0 cm³/mol. The first-order chi connectivity index (χ1) is 7.27. The summed E-state index contributed by atoms with van der Waals surface area (Å²) in [6, 6.07) is 12.4. The van der Waals surface area contributed by atoms with Gasteiger partial charge >= 0.3 is 0 Å². The van der Waals surface area contributed by atoms with Gasteiger partial charge in [-0.05, 0) is 34.4 Å². The number of hydrogen-bond acceptors (Lipinski definition) is 2. The second-order valence-corrected chi connectivity index (χ2v) is 4.48. The van der Waals surface area contributed by atoms with Crippen LogP contribution in [0.2, 0.25) is 0 Å². The van der Waals surface area contributed by atoms with E-state index in [0.717, 1.165) is 6.42 Å². The molecule has 1 atom stereocenters. The third-order valence-electron chi connectivity index (χ3n) is 2.88. The first-order valence-corrected chi connectivity index (χ1v) is 6.08. The van der Waals surface area contributed by atoms with Gasteiger partial charge < -0.3 is 5.73 Å². The summed E-state index contributed by atoms with van der Waals surface area (Å²) in [4.78, 5) is 0.